The zero-order valence-electron chi connectivity index (χ0n) is 20.1. The summed E-state index contributed by atoms with van der Waals surface area (Å²) in [6.07, 6.45) is 6.54. The molecule has 0 bridgehead atoms. The van der Waals surface area contributed by atoms with Crippen LogP contribution in [0, 0.1) is 6.92 Å². The zero-order valence-corrected chi connectivity index (χ0v) is 21.6. The first-order valence-corrected chi connectivity index (χ1v) is 12.4. The van der Waals surface area contributed by atoms with Crippen molar-refractivity contribution in [1.82, 2.24) is 9.97 Å². The molecule has 3 aromatic carbocycles. The van der Waals surface area contributed by atoms with Gasteiger partial charge in [0.15, 0.2) is 0 Å². The molecule has 3 N–H and O–H groups in total. The van der Waals surface area contributed by atoms with E-state index < -0.39 is 11.9 Å². The Kier molecular flexibility index (Phi) is 7.01. The topological polar surface area (TPSA) is 95.1 Å². The van der Waals surface area contributed by atoms with Gasteiger partial charge in [0.2, 0.25) is 5.91 Å². The van der Waals surface area contributed by atoms with E-state index in [1.165, 1.54) is 18.2 Å². The highest BCUT2D eigenvalue weighted by atomic mass is 35.5. The summed E-state index contributed by atoms with van der Waals surface area (Å²) in [5, 5.41) is 14.6. The van der Waals surface area contributed by atoms with Crippen molar-refractivity contribution < 1.29 is 14.7 Å². The van der Waals surface area contributed by atoms with E-state index in [0.717, 1.165) is 27.7 Å². The fraction of sp³-hybridized carbons (Fsp3) is 0.0333. The number of carboxylic acid groups (broad SMARTS) is 1. The number of halogens is 2. The minimum Gasteiger partial charge on any atom is -0.477 e. The molecule has 1 amide bonds. The molecular weight excluding hydrogens is 521 g/mol. The van der Waals surface area contributed by atoms with Gasteiger partial charge in [0.25, 0.3) is 0 Å². The van der Waals surface area contributed by atoms with Gasteiger partial charge >= 0.3 is 5.97 Å². The van der Waals surface area contributed by atoms with E-state index in [0.29, 0.717) is 27.2 Å². The van der Waals surface area contributed by atoms with Gasteiger partial charge < -0.3 is 15.4 Å². The predicted molar refractivity (Wildman–Crippen MR) is 155 cm³/mol. The number of H-pyrrole nitrogens is 1. The van der Waals surface area contributed by atoms with Crippen LogP contribution in [-0.4, -0.2) is 27.0 Å². The number of aromatic amines is 1. The van der Waals surface area contributed by atoms with Crippen molar-refractivity contribution in [2.45, 2.75) is 6.92 Å². The van der Waals surface area contributed by atoms with Gasteiger partial charge in [-0.25, -0.2) is 9.78 Å². The van der Waals surface area contributed by atoms with E-state index in [9.17, 15) is 14.7 Å². The van der Waals surface area contributed by atoms with Gasteiger partial charge in [0.05, 0.1) is 16.2 Å². The van der Waals surface area contributed by atoms with Gasteiger partial charge in [-0.05, 0) is 66.6 Å². The Morgan fingerprint density at radius 2 is 1.79 bits per heavy atom. The molecule has 0 fully saturated rings. The summed E-state index contributed by atoms with van der Waals surface area (Å²) in [6, 6.07) is 20.6. The number of pyridine rings is 1. The van der Waals surface area contributed by atoms with E-state index in [2.05, 4.69) is 28.5 Å². The van der Waals surface area contributed by atoms with Crippen LogP contribution in [0.3, 0.4) is 0 Å². The summed E-state index contributed by atoms with van der Waals surface area (Å²) in [7, 11) is 0. The Balaban J connectivity index is 1.34. The number of nitrogens with zero attached hydrogens (tertiary/aromatic N) is 1. The maximum Gasteiger partial charge on any atom is 0.352 e. The fourth-order valence-electron chi connectivity index (χ4n) is 4.19. The zero-order chi connectivity index (χ0) is 26.8. The molecule has 0 atom stereocenters. The molecule has 38 heavy (non-hydrogen) atoms. The molecule has 0 unspecified atom stereocenters. The largest absolute Gasteiger partial charge is 0.477 e. The lowest BCUT2D eigenvalue weighted by molar-refractivity contribution is -0.111. The maximum absolute atomic E-state index is 12.7. The number of aromatic nitrogens is 2. The van der Waals surface area contributed by atoms with E-state index >= 15 is 0 Å². The van der Waals surface area contributed by atoms with Crippen LogP contribution >= 0.6 is 23.2 Å². The monoisotopic (exact) mass is 541 g/mol. The lowest BCUT2D eigenvalue weighted by Gasteiger charge is -2.04. The molecular formula is C30H21Cl2N3O3. The van der Waals surface area contributed by atoms with Crippen molar-refractivity contribution in [3.63, 3.8) is 0 Å². The van der Waals surface area contributed by atoms with E-state index in [-0.39, 0.29) is 10.7 Å². The summed E-state index contributed by atoms with van der Waals surface area (Å²) in [5.41, 5.74) is 5.06. The Labute approximate surface area is 228 Å². The number of benzene rings is 3. The molecule has 2 heterocycles. The van der Waals surface area contributed by atoms with Crippen molar-refractivity contribution in [3.8, 4) is 0 Å². The van der Waals surface area contributed by atoms with E-state index in [1.54, 1.807) is 12.1 Å². The number of hydrogen-bond donors (Lipinski definition) is 3. The summed E-state index contributed by atoms with van der Waals surface area (Å²) < 4.78 is 0. The van der Waals surface area contributed by atoms with Gasteiger partial charge in [-0.2, -0.15) is 0 Å². The molecule has 188 valence electrons. The number of amides is 1. The van der Waals surface area contributed by atoms with Crippen LogP contribution in [0.4, 0.5) is 5.69 Å². The normalized spacial score (nSPS) is 11.7. The lowest BCUT2D eigenvalue weighted by Crippen LogP contribution is -2.08. The Bertz CT molecular complexity index is 1790. The highest BCUT2D eigenvalue weighted by Crippen LogP contribution is 2.33. The number of aromatic carboxylic acids is 1. The number of aryl methyl sites for hydroxylation is 1. The third-order valence-electron chi connectivity index (χ3n) is 5.94. The average molecular weight is 542 g/mol. The standard InChI is InChI=1S/C30H21Cl2N3O3/c1-17-5-7-19-8-10-21(33-25(19)13-17)9-6-18-3-2-4-22(14-18)34-27(36)12-11-23-28-24(32)15-20(31)16-26(28)35-29(23)30(37)38/h2-16,35H,1H3,(H,34,36)(H,37,38)/b9-6+,12-11+. The molecule has 0 spiro atoms. The molecule has 0 aliphatic heterocycles. The second-order valence-electron chi connectivity index (χ2n) is 8.74. The molecule has 5 aromatic rings. The first-order chi connectivity index (χ1) is 18.3. The first kappa shape index (κ1) is 25.3. The first-order valence-electron chi connectivity index (χ1n) is 11.7. The van der Waals surface area contributed by atoms with Crippen LogP contribution in [-0.2, 0) is 4.79 Å². The average Bonchev–Trinajstić information content (AvgIpc) is 3.25. The summed E-state index contributed by atoms with van der Waals surface area (Å²) in [6.45, 7) is 2.04. The summed E-state index contributed by atoms with van der Waals surface area (Å²) in [5.74, 6) is -1.60. The minimum atomic E-state index is -1.18. The summed E-state index contributed by atoms with van der Waals surface area (Å²) >= 11 is 12.4. The quantitative estimate of drug-likeness (QED) is 0.191. The van der Waals surface area contributed by atoms with Crippen molar-refractivity contribution in [2.75, 3.05) is 5.32 Å². The Morgan fingerprint density at radius 1 is 0.974 bits per heavy atom. The minimum absolute atomic E-state index is 0.0854. The van der Waals surface area contributed by atoms with Crippen molar-refractivity contribution in [2.24, 2.45) is 0 Å². The molecule has 0 aliphatic carbocycles. The maximum atomic E-state index is 12.7. The second-order valence-corrected chi connectivity index (χ2v) is 9.59. The van der Waals surface area contributed by atoms with Crippen LogP contribution in [0.15, 0.2) is 72.8 Å². The number of nitrogens with one attached hydrogen (secondary N) is 2. The van der Waals surface area contributed by atoms with Crippen molar-refractivity contribution in [1.29, 1.82) is 0 Å². The second kappa shape index (κ2) is 10.5. The summed E-state index contributed by atoms with van der Waals surface area (Å²) in [4.78, 5) is 31.9. The van der Waals surface area contributed by atoms with E-state index in [4.69, 9.17) is 28.2 Å². The van der Waals surface area contributed by atoms with Crippen LogP contribution < -0.4 is 5.32 Å². The number of hydrogen-bond acceptors (Lipinski definition) is 3. The number of carbonyl (C=O) groups is 2. The third-order valence-corrected chi connectivity index (χ3v) is 6.45. The van der Waals surface area contributed by atoms with Gasteiger partial charge in [-0.15, -0.1) is 0 Å². The lowest BCUT2D eigenvalue weighted by atomic mass is 10.1. The molecule has 2 aromatic heterocycles. The molecule has 0 aliphatic rings. The predicted octanol–water partition coefficient (Wildman–Crippen LogP) is 7.85. The van der Waals surface area contributed by atoms with Gasteiger partial charge in [-0.3, -0.25) is 4.79 Å². The van der Waals surface area contributed by atoms with Crippen LogP contribution in [0.2, 0.25) is 10.0 Å². The van der Waals surface area contributed by atoms with Crippen LogP contribution in [0.25, 0.3) is 40.0 Å². The highest BCUT2D eigenvalue weighted by Gasteiger charge is 2.18. The number of carbonyl (C=O) groups excluding carboxylic acids is 1. The molecule has 0 saturated carbocycles. The van der Waals surface area contributed by atoms with Gasteiger partial charge in [0.1, 0.15) is 5.69 Å². The SMILES string of the molecule is Cc1ccc2ccc(/C=C/c3cccc(NC(=O)/C=C/c4c(C(=O)O)[nH]c5cc(Cl)cc(Cl)c45)c3)nc2c1. The van der Waals surface area contributed by atoms with Gasteiger partial charge in [0, 0.05) is 38.6 Å². The van der Waals surface area contributed by atoms with Crippen LogP contribution in [0.1, 0.15) is 32.9 Å². The van der Waals surface area contributed by atoms with Crippen molar-refractivity contribution in [3.05, 3.63) is 111 Å². The molecule has 5 rings (SSSR count). The van der Waals surface area contributed by atoms with Gasteiger partial charge in [-0.1, -0.05) is 59.6 Å². The number of rotatable bonds is 6. The van der Waals surface area contributed by atoms with Crippen LogP contribution in [0.5, 0.6) is 0 Å². The third kappa shape index (κ3) is 5.47. The fourth-order valence-corrected chi connectivity index (χ4v) is 4.78. The number of carboxylic acids is 1. The molecule has 0 radical (unpaired) electrons. The molecule has 0 saturated heterocycles. The number of fused-ring (bicyclic) bond motifs is 2. The van der Waals surface area contributed by atoms with Crippen molar-refractivity contribution >= 4 is 80.8 Å². The molecule has 6 nitrogen and oxygen atoms in total. The van der Waals surface area contributed by atoms with E-state index in [1.807, 2.05) is 49.4 Å². The smallest absolute Gasteiger partial charge is 0.352 e. The Morgan fingerprint density at radius 3 is 2.61 bits per heavy atom. The highest BCUT2D eigenvalue weighted by molar-refractivity contribution is 6.39. The number of anilines is 1. The molecule has 8 heteroatoms. The Hall–Kier alpha value is -4.39.